The van der Waals surface area contributed by atoms with Crippen LogP contribution in [0.4, 0.5) is 0 Å². The Bertz CT molecular complexity index is 4240. The quantitative estimate of drug-likeness (QED) is 0.129. The van der Waals surface area contributed by atoms with Gasteiger partial charge in [0, 0.05) is 54.8 Å². The Hall–Kier alpha value is -8.60. The highest BCUT2D eigenvalue weighted by Crippen LogP contribution is 2.46. The van der Waals surface area contributed by atoms with Gasteiger partial charge < -0.3 is 18.3 Å². The molecule has 0 aliphatic heterocycles. The van der Waals surface area contributed by atoms with Gasteiger partial charge in [-0.25, -0.2) is 0 Å². The van der Waals surface area contributed by atoms with E-state index >= 15 is 0 Å². The average Bonchev–Trinajstić information content (AvgIpc) is 4.10. The fourth-order valence-electron chi connectivity index (χ4n) is 11.1. The highest BCUT2D eigenvalue weighted by atomic mass is 16.5. The number of hydrogen-bond acceptors (Lipinski definition) is 2. The van der Waals surface area contributed by atoms with Crippen molar-refractivity contribution >= 4 is 65.6 Å². The number of hydrogen-bond donors (Lipinski definition) is 0. The first-order valence-corrected chi connectivity index (χ1v) is 26.2. The number of fused-ring (bicyclic) bond motifs is 9. The zero-order valence-electron chi connectivity index (χ0n) is 42.9. The molecule has 0 atom stereocenters. The van der Waals surface area contributed by atoms with Crippen molar-refractivity contribution in [2.24, 2.45) is 0 Å². The maximum Gasteiger partial charge on any atom is 0.135 e. The lowest BCUT2D eigenvalue weighted by Crippen LogP contribution is -2.27. The Morgan fingerprint density at radius 1 is 0.365 bits per heavy atom. The van der Waals surface area contributed by atoms with Gasteiger partial charge in [0.2, 0.25) is 0 Å². The van der Waals surface area contributed by atoms with Gasteiger partial charge in [-0.3, -0.25) is 0 Å². The Morgan fingerprint density at radius 3 is 1.38 bits per heavy atom. The van der Waals surface area contributed by atoms with Crippen LogP contribution in [0.2, 0.25) is 0 Å². The summed E-state index contributed by atoms with van der Waals surface area (Å²) in [5.74, 6) is 0.930. The van der Waals surface area contributed by atoms with Crippen LogP contribution in [0.1, 0.15) is 59.9 Å². The van der Waals surface area contributed by atoms with Crippen LogP contribution >= 0.6 is 0 Å². The van der Waals surface area contributed by atoms with Crippen LogP contribution in [-0.2, 0) is 5.41 Å². The van der Waals surface area contributed by atoms with E-state index in [2.05, 4.69) is 269 Å². The number of para-hydroxylation sites is 3. The van der Waals surface area contributed by atoms with Crippen LogP contribution in [0, 0.1) is 0 Å². The molecule has 3 heterocycles. The first-order chi connectivity index (χ1) is 36.1. The molecule has 13 rings (SSSR count). The van der Waals surface area contributed by atoms with Gasteiger partial charge in [0.05, 0.1) is 22.1 Å². The van der Waals surface area contributed by atoms with Gasteiger partial charge in [-0.05, 0) is 162 Å². The van der Waals surface area contributed by atoms with Crippen molar-refractivity contribution in [3.63, 3.8) is 0 Å². The third kappa shape index (κ3) is 7.59. The summed E-state index contributed by atoms with van der Waals surface area (Å²) in [5, 5.41) is 7.16. The van der Waals surface area contributed by atoms with E-state index in [1.807, 2.05) is 0 Å². The maximum atomic E-state index is 7.08. The van der Waals surface area contributed by atoms with E-state index in [0.717, 1.165) is 102 Å². The van der Waals surface area contributed by atoms with E-state index in [0.29, 0.717) is 0 Å². The molecular formula is C70H58N2O2. The summed E-state index contributed by atoms with van der Waals surface area (Å²) < 4.78 is 18.4. The molecular weight excluding hydrogens is 901 g/mol. The van der Waals surface area contributed by atoms with E-state index in [9.17, 15) is 0 Å². The lowest BCUT2D eigenvalue weighted by atomic mass is 9.79. The van der Waals surface area contributed by atoms with Gasteiger partial charge in [-0.1, -0.05) is 155 Å². The van der Waals surface area contributed by atoms with Crippen molar-refractivity contribution in [3.05, 3.63) is 224 Å². The third-order valence-electron chi connectivity index (χ3n) is 16.0. The van der Waals surface area contributed by atoms with Crippen molar-refractivity contribution in [1.82, 2.24) is 9.13 Å². The fraction of sp³-hybridized carbons (Fsp3) is 0.143. The van der Waals surface area contributed by atoms with Gasteiger partial charge in [0.25, 0.3) is 0 Å². The van der Waals surface area contributed by atoms with Gasteiger partial charge in [-0.2, -0.15) is 0 Å². The maximum absolute atomic E-state index is 7.08. The molecule has 0 aliphatic rings. The fourth-order valence-corrected chi connectivity index (χ4v) is 11.1. The Labute approximate surface area is 432 Å². The summed E-state index contributed by atoms with van der Waals surface area (Å²) in [6.45, 7) is 13.5. The molecule has 13 aromatic rings. The second kappa shape index (κ2) is 17.6. The van der Waals surface area contributed by atoms with Crippen LogP contribution in [0.3, 0.4) is 0 Å². The zero-order valence-corrected chi connectivity index (χ0v) is 42.9. The standard InChI is InChI=1S/C70H58N2O2/c1-7-69(3,4)51-43-57(45-19-10-9-11-20-45)68(74-70(5,6)8-2)58(44-51)46-29-34-52(35-30-46)71-64-28-17-14-25-56(64)59-40-48(31-36-65(59)71)50-33-38-67-61(42-50)60-41-49(32-37-66(60)73-67)47-21-18-22-53(39-47)72-62-26-15-12-23-54(62)55-24-13-16-27-63(55)72/h9-44H,7-8H2,1-6H3. The molecule has 0 saturated heterocycles. The molecule has 0 bridgehead atoms. The van der Waals surface area contributed by atoms with Gasteiger partial charge in [0.15, 0.2) is 0 Å². The largest absolute Gasteiger partial charge is 0.487 e. The molecule has 0 aliphatic carbocycles. The van der Waals surface area contributed by atoms with E-state index in [4.69, 9.17) is 9.15 Å². The molecule has 4 nitrogen and oxygen atoms in total. The SMILES string of the molecule is CCC(C)(C)Oc1c(-c2ccccc2)cc(C(C)(C)CC)cc1-c1ccc(-n2c3ccccc3c3cc(-c4ccc5oc6ccc(-c7cccc(-n8c9ccccc9c9ccccc98)c7)cc6c5c4)ccc32)cc1. The summed E-state index contributed by atoms with van der Waals surface area (Å²) in [7, 11) is 0. The van der Waals surface area contributed by atoms with Gasteiger partial charge in [0.1, 0.15) is 22.5 Å². The number of benzene rings is 10. The first kappa shape index (κ1) is 45.3. The number of ether oxygens (including phenoxy) is 1. The lowest BCUT2D eigenvalue weighted by Gasteiger charge is -2.31. The predicted molar refractivity (Wildman–Crippen MR) is 312 cm³/mol. The molecule has 3 aromatic heterocycles. The van der Waals surface area contributed by atoms with Crippen molar-refractivity contribution in [3.8, 4) is 61.6 Å². The molecule has 0 amide bonds. The Morgan fingerprint density at radius 2 is 0.811 bits per heavy atom. The lowest BCUT2D eigenvalue weighted by molar-refractivity contribution is 0.107. The second-order valence-corrected chi connectivity index (χ2v) is 21.3. The number of aromatic nitrogens is 2. The van der Waals surface area contributed by atoms with E-state index < -0.39 is 0 Å². The Kier molecular flexibility index (Phi) is 10.7. The second-order valence-electron chi connectivity index (χ2n) is 21.3. The van der Waals surface area contributed by atoms with E-state index in [1.54, 1.807) is 0 Å². The normalized spacial score (nSPS) is 12.3. The summed E-state index contributed by atoms with van der Waals surface area (Å²) in [5.41, 5.74) is 18.8. The van der Waals surface area contributed by atoms with Crippen molar-refractivity contribution in [2.45, 2.75) is 65.4 Å². The minimum absolute atomic E-state index is 0.0235. The van der Waals surface area contributed by atoms with Crippen molar-refractivity contribution in [1.29, 1.82) is 0 Å². The number of furan rings is 1. The molecule has 0 radical (unpaired) electrons. The molecule has 4 heteroatoms. The van der Waals surface area contributed by atoms with Crippen molar-refractivity contribution < 1.29 is 9.15 Å². The van der Waals surface area contributed by atoms with Crippen LogP contribution in [0.25, 0.3) is 121 Å². The molecule has 0 fully saturated rings. The number of nitrogens with zero attached hydrogens (tertiary/aromatic N) is 2. The average molecular weight is 959 g/mol. The van der Waals surface area contributed by atoms with Crippen LogP contribution in [-0.4, -0.2) is 14.7 Å². The molecule has 360 valence electrons. The molecule has 0 unspecified atom stereocenters. The summed E-state index contributed by atoms with van der Waals surface area (Å²) in [4.78, 5) is 0. The monoisotopic (exact) mass is 958 g/mol. The zero-order chi connectivity index (χ0) is 50.3. The summed E-state index contributed by atoms with van der Waals surface area (Å²) in [6.07, 6.45) is 1.91. The first-order valence-electron chi connectivity index (χ1n) is 26.2. The summed E-state index contributed by atoms with van der Waals surface area (Å²) >= 11 is 0. The van der Waals surface area contributed by atoms with Gasteiger partial charge in [-0.15, -0.1) is 0 Å². The molecule has 10 aromatic carbocycles. The highest BCUT2D eigenvalue weighted by Gasteiger charge is 2.28. The molecule has 0 N–H and O–H groups in total. The van der Waals surface area contributed by atoms with Crippen LogP contribution < -0.4 is 4.74 Å². The summed E-state index contributed by atoms with van der Waals surface area (Å²) in [6, 6.07) is 79.8. The predicted octanol–water partition coefficient (Wildman–Crippen LogP) is 19.7. The molecule has 0 saturated carbocycles. The Balaban J connectivity index is 0.879. The van der Waals surface area contributed by atoms with Crippen molar-refractivity contribution in [2.75, 3.05) is 0 Å². The third-order valence-corrected chi connectivity index (χ3v) is 16.0. The van der Waals surface area contributed by atoms with E-state index in [1.165, 1.54) is 43.7 Å². The topological polar surface area (TPSA) is 32.2 Å². The van der Waals surface area contributed by atoms with Crippen LogP contribution in [0.5, 0.6) is 5.75 Å². The smallest absolute Gasteiger partial charge is 0.135 e. The molecule has 74 heavy (non-hydrogen) atoms. The molecule has 0 spiro atoms. The highest BCUT2D eigenvalue weighted by molar-refractivity contribution is 6.12. The minimum atomic E-state index is -0.354. The van der Waals surface area contributed by atoms with Crippen LogP contribution in [0.15, 0.2) is 223 Å². The number of rotatable bonds is 11. The van der Waals surface area contributed by atoms with E-state index in [-0.39, 0.29) is 11.0 Å². The minimum Gasteiger partial charge on any atom is -0.487 e. The van der Waals surface area contributed by atoms with Gasteiger partial charge >= 0.3 is 0 Å².